The fraction of sp³-hybridized carbons (Fsp3) is 0.235. The number of rotatable bonds is 3. The second-order valence-corrected chi connectivity index (χ2v) is 7.83. The Balaban J connectivity index is 2.05. The molecule has 1 aliphatic rings. The van der Waals surface area contributed by atoms with Gasteiger partial charge in [0.2, 0.25) is 0 Å². The van der Waals surface area contributed by atoms with Crippen LogP contribution in [0.2, 0.25) is 0 Å². The van der Waals surface area contributed by atoms with E-state index in [0.29, 0.717) is 0 Å². The zero-order chi connectivity index (χ0) is 16.6. The summed E-state index contributed by atoms with van der Waals surface area (Å²) in [6.07, 6.45) is 0.323. The largest absolute Gasteiger partial charge is 0.481 e. The summed E-state index contributed by atoms with van der Waals surface area (Å²) in [5, 5.41) is 8.41. The highest BCUT2D eigenvalue weighted by molar-refractivity contribution is 7.92. The van der Waals surface area contributed by atoms with Crippen molar-refractivity contribution in [2.45, 2.75) is 23.0 Å². The average Bonchev–Trinajstić information content (AvgIpc) is 2.54. The Kier molecular flexibility index (Phi) is 3.93. The van der Waals surface area contributed by atoms with E-state index in [1.807, 2.05) is 24.3 Å². The van der Waals surface area contributed by atoms with E-state index in [-0.39, 0.29) is 17.7 Å². The standard InChI is InChI=1S/C17H15FO4S/c18-13-5-7-14(8-6-13)23(21,22)16-10-12-4-2-1-3-11(12)9-15(16)17(19)20/h1-8,15-16H,9-10H2,(H,19,20)/t15-,16?/m0/s1. The van der Waals surface area contributed by atoms with Gasteiger partial charge in [-0.2, -0.15) is 0 Å². The van der Waals surface area contributed by atoms with E-state index >= 15 is 0 Å². The van der Waals surface area contributed by atoms with Crippen LogP contribution in [-0.2, 0) is 27.5 Å². The molecule has 0 aliphatic heterocycles. The minimum Gasteiger partial charge on any atom is -0.481 e. The third-order valence-electron chi connectivity index (χ3n) is 4.29. The molecular formula is C17H15FO4S. The zero-order valence-electron chi connectivity index (χ0n) is 12.1. The number of carbonyl (C=O) groups is 1. The van der Waals surface area contributed by atoms with Crippen LogP contribution in [-0.4, -0.2) is 24.7 Å². The van der Waals surface area contributed by atoms with E-state index < -0.39 is 32.8 Å². The zero-order valence-corrected chi connectivity index (χ0v) is 13.0. The van der Waals surface area contributed by atoms with Gasteiger partial charge in [-0.15, -0.1) is 0 Å². The van der Waals surface area contributed by atoms with Gasteiger partial charge < -0.3 is 5.11 Å². The summed E-state index contributed by atoms with van der Waals surface area (Å²) in [7, 11) is -3.86. The molecule has 1 aliphatic carbocycles. The number of sulfone groups is 1. The molecule has 0 fully saturated rings. The van der Waals surface area contributed by atoms with Gasteiger partial charge in [0.25, 0.3) is 0 Å². The summed E-state index contributed by atoms with van der Waals surface area (Å²) < 4.78 is 38.7. The van der Waals surface area contributed by atoms with Gasteiger partial charge in [0.05, 0.1) is 16.1 Å². The quantitative estimate of drug-likeness (QED) is 0.875. The molecular weight excluding hydrogens is 319 g/mol. The summed E-state index contributed by atoms with van der Waals surface area (Å²) in [6, 6.07) is 11.8. The fourth-order valence-electron chi connectivity index (χ4n) is 3.05. The van der Waals surface area contributed by atoms with Crippen molar-refractivity contribution in [1.29, 1.82) is 0 Å². The molecule has 3 rings (SSSR count). The topological polar surface area (TPSA) is 71.4 Å². The maximum absolute atomic E-state index is 13.0. The first kappa shape index (κ1) is 15.7. The number of aliphatic carboxylic acids is 1. The van der Waals surface area contributed by atoms with Crippen molar-refractivity contribution in [3.8, 4) is 0 Å². The molecule has 0 bridgehead atoms. The number of hydrogen-bond acceptors (Lipinski definition) is 3. The Labute approximate surface area is 133 Å². The van der Waals surface area contributed by atoms with E-state index in [0.717, 1.165) is 23.3 Å². The van der Waals surface area contributed by atoms with Crippen molar-refractivity contribution >= 4 is 15.8 Å². The molecule has 4 nitrogen and oxygen atoms in total. The highest BCUT2D eigenvalue weighted by atomic mass is 32.2. The predicted molar refractivity (Wildman–Crippen MR) is 82.3 cm³/mol. The van der Waals surface area contributed by atoms with E-state index in [9.17, 15) is 22.7 Å². The summed E-state index contributed by atoms with van der Waals surface area (Å²) >= 11 is 0. The third-order valence-corrected chi connectivity index (χ3v) is 6.51. The van der Waals surface area contributed by atoms with Crippen molar-refractivity contribution in [2.75, 3.05) is 0 Å². The van der Waals surface area contributed by atoms with Crippen molar-refractivity contribution in [2.24, 2.45) is 5.92 Å². The van der Waals surface area contributed by atoms with Gasteiger partial charge in [-0.25, -0.2) is 12.8 Å². The summed E-state index contributed by atoms with van der Waals surface area (Å²) in [6.45, 7) is 0. The normalized spacial score (nSPS) is 20.7. The summed E-state index contributed by atoms with van der Waals surface area (Å²) in [4.78, 5) is 11.5. The van der Waals surface area contributed by atoms with E-state index in [1.54, 1.807) is 0 Å². The van der Waals surface area contributed by atoms with Crippen LogP contribution in [0.1, 0.15) is 11.1 Å². The molecule has 0 amide bonds. The van der Waals surface area contributed by atoms with Crippen LogP contribution in [0.5, 0.6) is 0 Å². The number of fused-ring (bicyclic) bond motifs is 1. The minimum atomic E-state index is -3.86. The maximum atomic E-state index is 13.0. The first-order valence-corrected chi connectivity index (χ1v) is 8.73. The smallest absolute Gasteiger partial charge is 0.308 e. The summed E-state index contributed by atoms with van der Waals surface area (Å²) in [5.74, 6) is -2.68. The van der Waals surface area contributed by atoms with Crippen molar-refractivity contribution in [1.82, 2.24) is 0 Å². The lowest BCUT2D eigenvalue weighted by atomic mass is 9.83. The van der Waals surface area contributed by atoms with Gasteiger partial charge in [0.15, 0.2) is 9.84 Å². The number of hydrogen-bond donors (Lipinski definition) is 1. The molecule has 2 aromatic carbocycles. The molecule has 0 aromatic heterocycles. The SMILES string of the molecule is O=C(O)[C@H]1Cc2ccccc2CC1S(=O)(=O)c1ccc(F)cc1. The molecule has 0 spiro atoms. The number of carboxylic acids is 1. The van der Waals surface area contributed by atoms with Gasteiger partial charge in [-0.05, 0) is 48.2 Å². The van der Waals surface area contributed by atoms with Crippen LogP contribution >= 0.6 is 0 Å². The Morgan fingerprint density at radius 2 is 1.57 bits per heavy atom. The van der Waals surface area contributed by atoms with Gasteiger partial charge in [0.1, 0.15) is 5.82 Å². The predicted octanol–water partition coefficient (Wildman–Crippen LogP) is 2.47. The molecule has 0 radical (unpaired) electrons. The molecule has 0 saturated carbocycles. The monoisotopic (exact) mass is 334 g/mol. The van der Waals surface area contributed by atoms with Crippen LogP contribution in [0.3, 0.4) is 0 Å². The van der Waals surface area contributed by atoms with Crippen LogP contribution in [0.25, 0.3) is 0 Å². The molecule has 2 aromatic rings. The Morgan fingerprint density at radius 1 is 1.00 bits per heavy atom. The highest BCUT2D eigenvalue weighted by Crippen LogP contribution is 2.33. The highest BCUT2D eigenvalue weighted by Gasteiger charge is 2.42. The van der Waals surface area contributed by atoms with Crippen molar-refractivity contribution in [3.05, 3.63) is 65.5 Å². The molecule has 1 N–H and O–H groups in total. The second kappa shape index (κ2) is 5.77. The Hall–Kier alpha value is -2.21. The maximum Gasteiger partial charge on any atom is 0.308 e. The first-order chi connectivity index (χ1) is 10.9. The third kappa shape index (κ3) is 2.86. The molecule has 1 unspecified atom stereocenters. The lowest BCUT2D eigenvalue weighted by Crippen LogP contribution is -2.41. The number of carboxylic acid groups (broad SMARTS) is 1. The number of benzene rings is 2. The lowest BCUT2D eigenvalue weighted by molar-refractivity contribution is -0.141. The van der Waals surface area contributed by atoms with Crippen LogP contribution in [0.15, 0.2) is 53.4 Å². The fourth-order valence-corrected chi connectivity index (χ4v) is 4.96. The van der Waals surface area contributed by atoms with Crippen LogP contribution in [0.4, 0.5) is 4.39 Å². The minimum absolute atomic E-state index is 0.0467. The van der Waals surface area contributed by atoms with Crippen LogP contribution < -0.4 is 0 Å². The second-order valence-electron chi connectivity index (χ2n) is 5.66. The van der Waals surface area contributed by atoms with Crippen molar-refractivity contribution < 1.29 is 22.7 Å². The molecule has 0 heterocycles. The first-order valence-electron chi connectivity index (χ1n) is 7.18. The van der Waals surface area contributed by atoms with Crippen molar-refractivity contribution in [3.63, 3.8) is 0 Å². The average molecular weight is 334 g/mol. The Morgan fingerprint density at radius 3 is 2.13 bits per heavy atom. The Bertz CT molecular complexity index is 843. The molecule has 6 heteroatoms. The molecule has 23 heavy (non-hydrogen) atoms. The van der Waals surface area contributed by atoms with E-state index in [2.05, 4.69) is 0 Å². The molecule has 0 saturated heterocycles. The lowest BCUT2D eigenvalue weighted by Gasteiger charge is -2.30. The van der Waals surface area contributed by atoms with Gasteiger partial charge in [-0.1, -0.05) is 24.3 Å². The van der Waals surface area contributed by atoms with Gasteiger partial charge >= 0.3 is 5.97 Å². The molecule has 2 atom stereocenters. The summed E-state index contributed by atoms with van der Waals surface area (Å²) in [5.41, 5.74) is 1.71. The molecule has 120 valence electrons. The van der Waals surface area contributed by atoms with Crippen LogP contribution in [0, 0.1) is 11.7 Å². The van der Waals surface area contributed by atoms with E-state index in [4.69, 9.17) is 0 Å². The number of halogens is 1. The van der Waals surface area contributed by atoms with Gasteiger partial charge in [0, 0.05) is 0 Å². The van der Waals surface area contributed by atoms with E-state index in [1.165, 1.54) is 12.1 Å². The van der Waals surface area contributed by atoms with Gasteiger partial charge in [-0.3, -0.25) is 4.79 Å².